The summed E-state index contributed by atoms with van der Waals surface area (Å²) in [6.45, 7) is -0.115. The number of alkyl halides is 3. The highest BCUT2D eigenvalue weighted by atomic mass is 19.4. The van der Waals surface area contributed by atoms with Crippen LogP contribution >= 0.6 is 0 Å². The highest BCUT2D eigenvalue weighted by Gasteiger charge is 2.60. The molecule has 0 radical (unpaired) electrons. The van der Waals surface area contributed by atoms with Gasteiger partial charge in [-0.1, -0.05) is 0 Å². The monoisotopic (exact) mass is 261 g/mol. The van der Waals surface area contributed by atoms with Crippen molar-refractivity contribution in [2.24, 2.45) is 12.5 Å². The van der Waals surface area contributed by atoms with Crippen molar-refractivity contribution in [3.8, 4) is 0 Å². The van der Waals surface area contributed by atoms with Gasteiger partial charge in [0.15, 0.2) is 5.78 Å². The van der Waals surface area contributed by atoms with Gasteiger partial charge in [0.05, 0.1) is 12.1 Å². The number of aryl methyl sites for hydroxylation is 1. The third-order valence-electron chi connectivity index (χ3n) is 3.34. The van der Waals surface area contributed by atoms with Gasteiger partial charge in [-0.25, -0.2) is 0 Å². The predicted octanol–water partition coefficient (Wildman–Crippen LogP) is 1.07. The molecule has 2 rings (SSSR count). The Morgan fingerprint density at radius 1 is 1.61 bits per heavy atom. The molecule has 0 aliphatic carbocycles. The van der Waals surface area contributed by atoms with E-state index >= 15 is 0 Å². The predicted molar refractivity (Wildman–Crippen MR) is 57.9 cm³/mol. The van der Waals surface area contributed by atoms with Gasteiger partial charge < -0.3 is 5.32 Å². The number of hydrogen-bond donors (Lipinski definition) is 1. The first-order valence-electron chi connectivity index (χ1n) is 5.64. The molecule has 2 heterocycles. The lowest BCUT2D eigenvalue weighted by Crippen LogP contribution is -2.47. The van der Waals surface area contributed by atoms with Gasteiger partial charge in [0.2, 0.25) is 0 Å². The second-order valence-corrected chi connectivity index (χ2v) is 4.59. The van der Waals surface area contributed by atoms with Crippen molar-refractivity contribution in [1.29, 1.82) is 0 Å². The van der Waals surface area contributed by atoms with E-state index in [0.717, 1.165) is 0 Å². The molecule has 1 saturated heterocycles. The molecule has 4 nitrogen and oxygen atoms in total. The van der Waals surface area contributed by atoms with Crippen LogP contribution in [0.1, 0.15) is 12.1 Å². The number of halogens is 3. The molecule has 0 amide bonds. The second kappa shape index (κ2) is 4.38. The zero-order valence-corrected chi connectivity index (χ0v) is 9.92. The topological polar surface area (TPSA) is 46.9 Å². The van der Waals surface area contributed by atoms with E-state index < -0.39 is 17.4 Å². The molecule has 0 spiro atoms. The van der Waals surface area contributed by atoms with Gasteiger partial charge >= 0.3 is 6.18 Å². The molecule has 100 valence electrons. The van der Waals surface area contributed by atoms with Crippen molar-refractivity contribution >= 4 is 5.78 Å². The van der Waals surface area contributed by atoms with E-state index in [0.29, 0.717) is 5.69 Å². The fourth-order valence-electron chi connectivity index (χ4n) is 2.22. The van der Waals surface area contributed by atoms with Crippen LogP contribution in [0, 0.1) is 5.41 Å². The minimum atomic E-state index is -4.51. The number of carbonyl (C=O) groups is 1. The molecule has 0 saturated carbocycles. The van der Waals surface area contributed by atoms with E-state index in [1.165, 1.54) is 4.68 Å². The minimum absolute atomic E-state index is 0.192. The minimum Gasteiger partial charge on any atom is -0.315 e. The van der Waals surface area contributed by atoms with Crippen molar-refractivity contribution in [2.45, 2.75) is 19.0 Å². The normalized spacial score (nSPS) is 24.4. The van der Waals surface area contributed by atoms with Crippen LogP contribution in [0.15, 0.2) is 12.3 Å². The Balaban J connectivity index is 2.20. The molecular formula is C11H14F3N3O. The number of nitrogens with one attached hydrogen (secondary N) is 1. The van der Waals surface area contributed by atoms with Crippen LogP contribution in [0.3, 0.4) is 0 Å². The second-order valence-electron chi connectivity index (χ2n) is 4.59. The first kappa shape index (κ1) is 13.1. The maximum absolute atomic E-state index is 13.1. The molecule has 7 heteroatoms. The quantitative estimate of drug-likeness (QED) is 0.885. The number of nitrogens with zero attached hydrogens (tertiary/aromatic N) is 2. The smallest absolute Gasteiger partial charge is 0.315 e. The van der Waals surface area contributed by atoms with E-state index in [1.54, 1.807) is 19.3 Å². The van der Waals surface area contributed by atoms with E-state index in [4.69, 9.17) is 0 Å². The zero-order chi connectivity index (χ0) is 13.4. The van der Waals surface area contributed by atoms with Crippen LogP contribution in [0.5, 0.6) is 0 Å². The largest absolute Gasteiger partial charge is 0.402 e. The van der Waals surface area contributed by atoms with Crippen LogP contribution < -0.4 is 5.32 Å². The third-order valence-corrected chi connectivity index (χ3v) is 3.34. The molecule has 1 atom stereocenters. The summed E-state index contributed by atoms with van der Waals surface area (Å²) in [4.78, 5) is 12.0. The summed E-state index contributed by atoms with van der Waals surface area (Å²) in [5.41, 5.74) is -1.87. The standard InChI is InChI=1S/C11H14F3N3O/c1-17-5-2-8(16-17)6-9(18)10(11(12,13)14)3-4-15-7-10/h2,5,15H,3-4,6-7H2,1H3. The third kappa shape index (κ3) is 2.14. The SMILES string of the molecule is Cn1ccc(CC(=O)C2(C(F)(F)F)CCNC2)n1. The Hall–Kier alpha value is -1.37. The highest BCUT2D eigenvalue weighted by molar-refractivity contribution is 5.88. The Bertz CT molecular complexity index is 447. The molecule has 1 aromatic rings. The number of carbonyl (C=O) groups excluding carboxylic acids is 1. The fraction of sp³-hybridized carbons (Fsp3) is 0.636. The van der Waals surface area contributed by atoms with E-state index in [1.807, 2.05) is 0 Å². The lowest BCUT2D eigenvalue weighted by molar-refractivity contribution is -0.214. The number of rotatable bonds is 3. The first-order chi connectivity index (χ1) is 8.35. The van der Waals surface area contributed by atoms with Gasteiger partial charge in [0, 0.05) is 19.8 Å². The van der Waals surface area contributed by atoms with Crippen LogP contribution in [-0.4, -0.2) is 34.8 Å². The zero-order valence-electron chi connectivity index (χ0n) is 9.92. The van der Waals surface area contributed by atoms with Gasteiger partial charge in [0.1, 0.15) is 5.41 Å². The van der Waals surface area contributed by atoms with Gasteiger partial charge in [-0.2, -0.15) is 18.3 Å². The number of hydrogen-bond acceptors (Lipinski definition) is 3. The Morgan fingerprint density at radius 2 is 2.33 bits per heavy atom. The molecule has 1 N–H and O–H groups in total. The van der Waals surface area contributed by atoms with Crippen molar-refractivity contribution in [3.05, 3.63) is 18.0 Å². The average Bonchev–Trinajstić information content (AvgIpc) is 2.86. The molecule has 1 aliphatic rings. The number of aromatic nitrogens is 2. The summed E-state index contributed by atoms with van der Waals surface area (Å²) in [5, 5.41) is 6.57. The van der Waals surface area contributed by atoms with E-state index in [9.17, 15) is 18.0 Å². The number of Topliss-reactive ketones (excluding diaryl/α,β-unsaturated/α-hetero) is 1. The molecule has 18 heavy (non-hydrogen) atoms. The molecular weight excluding hydrogens is 247 g/mol. The summed E-state index contributed by atoms with van der Waals surface area (Å²) in [5.74, 6) is -0.807. The van der Waals surface area contributed by atoms with E-state index in [2.05, 4.69) is 10.4 Å². The van der Waals surface area contributed by atoms with Crippen molar-refractivity contribution in [3.63, 3.8) is 0 Å². The lowest BCUT2D eigenvalue weighted by Gasteiger charge is -2.29. The van der Waals surface area contributed by atoms with Crippen LogP contribution in [0.4, 0.5) is 13.2 Å². The Kier molecular flexibility index (Phi) is 3.18. The molecule has 0 aromatic carbocycles. The van der Waals surface area contributed by atoms with Crippen molar-refractivity contribution < 1.29 is 18.0 Å². The van der Waals surface area contributed by atoms with Crippen LogP contribution in [0.25, 0.3) is 0 Å². The summed E-state index contributed by atoms with van der Waals surface area (Å²) < 4.78 is 40.7. The molecule has 1 aromatic heterocycles. The van der Waals surface area contributed by atoms with Crippen molar-refractivity contribution in [2.75, 3.05) is 13.1 Å². The average molecular weight is 261 g/mol. The van der Waals surface area contributed by atoms with Gasteiger partial charge in [-0.3, -0.25) is 9.48 Å². The van der Waals surface area contributed by atoms with Crippen LogP contribution in [0.2, 0.25) is 0 Å². The molecule has 1 unspecified atom stereocenters. The summed E-state index contributed by atoms with van der Waals surface area (Å²) >= 11 is 0. The van der Waals surface area contributed by atoms with Crippen molar-refractivity contribution in [1.82, 2.24) is 15.1 Å². The first-order valence-corrected chi connectivity index (χ1v) is 5.64. The molecule has 1 fully saturated rings. The summed E-state index contributed by atoms with van der Waals surface area (Å²) in [6.07, 6.45) is -3.37. The maximum Gasteiger partial charge on any atom is 0.402 e. The highest BCUT2D eigenvalue weighted by Crippen LogP contribution is 2.44. The molecule has 1 aliphatic heterocycles. The maximum atomic E-state index is 13.1. The Labute approximate surface area is 102 Å². The van der Waals surface area contributed by atoms with Gasteiger partial charge in [-0.15, -0.1) is 0 Å². The van der Waals surface area contributed by atoms with Gasteiger partial charge in [-0.05, 0) is 19.0 Å². The number of ketones is 1. The van der Waals surface area contributed by atoms with E-state index in [-0.39, 0.29) is 25.9 Å². The fourth-order valence-corrected chi connectivity index (χ4v) is 2.22. The lowest BCUT2D eigenvalue weighted by atomic mass is 9.80. The summed E-state index contributed by atoms with van der Waals surface area (Å²) in [7, 11) is 1.66. The Morgan fingerprint density at radius 3 is 2.78 bits per heavy atom. The van der Waals surface area contributed by atoms with Crippen LogP contribution in [-0.2, 0) is 18.3 Å². The van der Waals surface area contributed by atoms with Gasteiger partial charge in [0.25, 0.3) is 0 Å². The summed E-state index contributed by atoms with van der Waals surface area (Å²) in [6, 6.07) is 1.56. The molecule has 0 bridgehead atoms.